The van der Waals surface area contributed by atoms with E-state index in [9.17, 15) is 22.8 Å². The van der Waals surface area contributed by atoms with Gasteiger partial charge in [0.05, 0.1) is 12.1 Å². The van der Waals surface area contributed by atoms with Crippen LogP contribution in [0, 0.1) is 0 Å². The Labute approximate surface area is 117 Å². The average molecular weight is 307 g/mol. The van der Waals surface area contributed by atoms with Crippen molar-refractivity contribution in [2.75, 3.05) is 18.0 Å². The highest BCUT2D eigenvalue weighted by molar-refractivity contribution is 6.31. The van der Waals surface area contributed by atoms with E-state index >= 15 is 0 Å². The smallest absolute Gasteiger partial charge is 0.347 e. The average Bonchev–Trinajstić information content (AvgIpc) is 2.50. The van der Waals surface area contributed by atoms with Gasteiger partial charge in [0.2, 0.25) is 11.8 Å². The summed E-state index contributed by atoms with van der Waals surface area (Å²) >= 11 is 5.67. The molecule has 0 aromatic heterocycles. The maximum Gasteiger partial charge on any atom is 0.416 e. The van der Waals surface area contributed by atoms with E-state index in [2.05, 4.69) is 5.32 Å². The van der Waals surface area contributed by atoms with E-state index in [1.807, 2.05) is 0 Å². The number of carbonyl (C=O) groups is 2. The molecule has 1 N–H and O–H groups in total. The second kappa shape index (κ2) is 5.32. The summed E-state index contributed by atoms with van der Waals surface area (Å²) < 4.78 is 38.2. The van der Waals surface area contributed by atoms with Crippen LogP contribution in [-0.4, -0.2) is 24.9 Å². The summed E-state index contributed by atoms with van der Waals surface area (Å²) in [6, 6.07) is 2.90. The highest BCUT2D eigenvalue weighted by Gasteiger charge is 2.32. The fraction of sp³-hybridized carbons (Fsp3) is 0.333. The molecule has 1 fully saturated rings. The van der Waals surface area contributed by atoms with Gasteiger partial charge in [0.25, 0.3) is 0 Å². The summed E-state index contributed by atoms with van der Waals surface area (Å²) in [6.07, 6.45) is -4.53. The standard InChI is InChI=1S/C12H10ClF3N2O2/c13-8-3-7(12(14,15)16)4-9(5-8)18-2-1-10(19)17-6-11(18)20/h3-5H,1-2,6H2,(H,17,19). The maximum atomic E-state index is 12.7. The molecule has 1 heterocycles. The van der Waals surface area contributed by atoms with E-state index < -0.39 is 17.6 Å². The number of hydrogen-bond donors (Lipinski definition) is 1. The Hall–Kier alpha value is -1.76. The molecule has 0 radical (unpaired) electrons. The number of benzene rings is 1. The van der Waals surface area contributed by atoms with Gasteiger partial charge in [-0.2, -0.15) is 13.2 Å². The predicted octanol–water partition coefficient (Wildman–Crippen LogP) is 2.21. The van der Waals surface area contributed by atoms with Crippen LogP contribution in [0.15, 0.2) is 18.2 Å². The number of hydrogen-bond acceptors (Lipinski definition) is 2. The zero-order valence-corrected chi connectivity index (χ0v) is 10.9. The van der Waals surface area contributed by atoms with Crippen molar-refractivity contribution in [1.82, 2.24) is 5.32 Å². The first kappa shape index (κ1) is 14.6. The van der Waals surface area contributed by atoms with Crippen molar-refractivity contribution in [3.05, 3.63) is 28.8 Å². The van der Waals surface area contributed by atoms with Gasteiger partial charge in [-0.1, -0.05) is 11.6 Å². The zero-order chi connectivity index (χ0) is 14.9. The maximum absolute atomic E-state index is 12.7. The molecule has 1 saturated heterocycles. The molecule has 1 aromatic carbocycles. The fourth-order valence-electron chi connectivity index (χ4n) is 1.86. The van der Waals surface area contributed by atoms with Crippen molar-refractivity contribution in [3.8, 4) is 0 Å². The van der Waals surface area contributed by atoms with Crippen molar-refractivity contribution in [3.63, 3.8) is 0 Å². The Morgan fingerprint density at radius 3 is 2.55 bits per heavy atom. The lowest BCUT2D eigenvalue weighted by Gasteiger charge is -2.21. The number of anilines is 1. The number of carbonyl (C=O) groups excluding carboxylic acids is 2. The number of alkyl halides is 3. The summed E-state index contributed by atoms with van der Waals surface area (Å²) in [4.78, 5) is 24.1. The summed E-state index contributed by atoms with van der Waals surface area (Å²) in [6.45, 7) is -0.227. The van der Waals surface area contributed by atoms with Gasteiger partial charge in [0.1, 0.15) is 0 Å². The number of amides is 2. The molecular formula is C12H10ClF3N2O2. The fourth-order valence-corrected chi connectivity index (χ4v) is 2.09. The molecule has 0 aliphatic carbocycles. The van der Waals surface area contributed by atoms with Gasteiger partial charge in [-0.05, 0) is 18.2 Å². The third-order valence-electron chi connectivity index (χ3n) is 2.82. The van der Waals surface area contributed by atoms with Crippen LogP contribution in [0.1, 0.15) is 12.0 Å². The van der Waals surface area contributed by atoms with Crippen molar-refractivity contribution in [1.29, 1.82) is 0 Å². The molecule has 2 amide bonds. The summed E-state index contributed by atoms with van der Waals surface area (Å²) in [5, 5.41) is 2.25. The SMILES string of the molecule is O=C1CCN(c2cc(Cl)cc(C(F)(F)F)c2)C(=O)CN1. The first-order valence-electron chi connectivity index (χ1n) is 5.72. The van der Waals surface area contributed by atoms with Crippen LogP contribution in [0.2, 0.25) is 5.02 Å². The molecular weight excluding hydrogens is 297 g/mol. The molecule has 0 unspecified atom stereocenters. The minimum Gasteiger partial charge on any atom is -0.347 e. The van der Waals surface area contributed by atoms with Crippen LogP contribution in [-0.2, 0) is 15.8 Å². The summed E-state index contributed by atoms with van der Waals surface area (Å²) in [5.41, 5.74) is -0.900. The van der Waals surface area contributed by atoms with Gasteiger partial charge >= 0.3 is 6.18 Å². The Morgan fingerprint density at radius 2 is 1.90 bits per heavy atom. The first-order valence-corrected chi connectivity index (χ1v) is 6.10. The van der Waals surface area contributed by atoms with Crippen molar-refractivity contribution in [2.24, 2.45) is 0 Å². The summed E-state index contributed by atoms with van der Waals surface area (Å²) in [7, 11) is 0. The van der Waals surface area contributed by atoms with Crippen LogP contribution < -0.4 is 10.2 Å². The van der Waals surface area contributed by atoms with Gasteiger partial charge in [0.15, 0.2) is 0 Å². The van der Waals surface area contributed by atoms with Crippen LogP contribution in [0.3, 0.4) is 0 Å². The van der Waals surface area contributed by atoms with Gasteiger partial charge in [0, 0.05) is 23.7 Å². The lowest BCUT2D eigenvalue weighted by atomic mass is 10.1. The van der Waals surface area contributed by atoms with Crippen LogP contribution >= 0.6 is 11.6 Å². The second-order valence-corrected chi connectivity index (χ2v) is 4.70. The van der Waals surface area contributed by atoms with Crippen LogP contribution in [0.25, 0.3) is 0 Å². The van der Waals surface area contributed by atoms with Crippen molar-refractivity contribution < 1.29 is 22.8 Å². The van der Waals surface area contributed by atoms with Gasteiger partial charge in [-0.3, -0.25) is 9.59 Å². The molecule has 108 valence electrons. The number of rotatable bonds is 1. The normalized spacial score (nSPS) is 16.9. The zero-order valence-electron chi connectivity index (χ0n) is 10.1. The first-order chi connectivity index (χ1) is 9.27. The number of halogens is 4. The van der Waals surface area contributed by atoms with E-state index in [1.165, 1.54) is 6.07 Å². The molecule has 2 rings (SSSR count). The molecule has 0 atom stereocenters. The topological polar surface area (TPSA) is 49.4 Å². The quantitative estimate of drug-likeness (QED) is 0.865. The monoisotopic (exact) mass is 306 g/mol. The van der Waals surface area contributed by atoms with Gasteiger partial charge in [-0.15, -0.1) is 0 Å². The molecule has 1 aromatic rings. The Morgan fingerprint density at radius 1 is 1.20 bits per heavy atom. The Kier molecular flexibility index (Phi) is 3.89. The number of nitrogens with zero attached hydrogens (tertiary/aromatic N) is 1. The summed E-state index contributed by atoms with van der Waals surface area (Å²) in [5.74, 6) is -0.801. The molecule has 20 heavy (non-hydrogen) atoms. The third kappa shape index (κ3) is 3.22. The highest BCUT2D eigenvalue weighted by Crippen LogP contribution is 2.34. The molecule has 1 aliphatic rings. The van der Waals surface area contributed by atoms with Gasteiger partial charge < -0.3 is 10.2 Å². The van der Waals surface area contributed by atoms with E-state index in [0.29, 0.717) is 0 Å². The molecule has 0 saturated carbocycles. The molecule has 0 bridgehead atoms. The molecule has 4 nitrogen and oxygen atoms in total. The van der Waals surface area contributed by atoms with Crippen LogP contribution in [0.5, 0.6) is 0 Å². The van der Waals surface area contributed by atoms with E-state index in [1.54, 1.807) is 0 Å². The molecule has 1 aliphatic heterocycles. The van der Waals surface area contributed by atoms with E-state index in [-0.39, 0.29) is 36.1 Å². The predicted molar refractivity (Wildman–Crippen MR) is 66.4 cm³/mol. The lowest BCUT2D eigenvalue weighted by molar-refractivity contribution is -0.137. The Bertz CT molecular complexity index is 560. The van der Waals surface area contributed by atoms with E-state index in [4.69, 9.17) is 11.6 Å². The lowest BCUT2D eigenvalue weighted by Crippen LogP contribution is -2.35. The molecule has 0 spiro atoms. The van der Waals surface area contributed by atoms with Gasteiger partial charge in [-0.25, -0.2) is 0 Å². The van der Waals surface area contributed by atoms with Crippen LogP contribution in [0.4, 0.5) is 18.9 Å². The van der Waals surface area contributed by atoms with E-state index in [0.717, 1.165) is 17.0 Å². The largest absolute Gasteiger partial charge is 0.416 e. The second-order valence-electron chi connectivity index (χ2n) is 4.27. The highest BCUT2D eigenvalue weighted by atomic mass is 35.5. The Balaban J connectivity index is 2.38. The molecule has 8 heteroatoms. The van der Waals surface area contributed by atoms with Crippen molar-refractivity contribution in [2.45, 2.75) is 12.6 Å². The minimum atomic E-state index is -4.55. The third-order valence-corrected chi connectivity index (χ3v) is 3.04. The van der Waals surface area contributed by atoms with Crippen molar-refractivity contribution >= 4 is 29.1 Å². The minimum absolute atomic E-state index is 0.0162. The number of nitrogens with one attached hydrogen (secondary N) is 1.